The zero-order valence-corrected chi connectivity index (χ0v) is 50.3. The van der Waals surface area contributed by atoms with Crippen LogP contribution < -0.4 is 5.32 Å². The summed E-state index contributed by atoms with van der Waals surface area (Å²) in [4.78, 5) is 13.1. The Kier molecular flexibility index (Phi) is 54.4. The van der Waals surface area contributed by atoms with Crippen LogP contribution in [-0.4, -0.2) is 87.5 Å². The van der Waals surface area contributed by atoms with Gasteiger partial charge in [0.1, 0.15) is 24.4 Å². The number of unbranched alkanes of at least 4 members (excludes halogenated alkanes) is 47. The lowest BCUT2D eigenvalue weighted by molar-refractivity contribution is -0.302. The van der Waals surface area contributed by atoms with Gasteiger partial charge in [-0.3, -0.25) is 4.79 Å². The maximum Gasteiger partial charge on any atom is 0.220 e. The van der Waals surface area contributed by atoms with E-state index < -0.39 is 49.5 Å². The van der Waals surface area contributed by atoms with E-state index >= 15 is 0 Å². The Balaban J connectivity index is 2.16. The lowest BCUT2D eigenvalue weighted by Gasteiger charge is -2.40. The molecule has 0 aromatic heterocycles. The van der Waals surface area contributed by atoms with E-state index in [4.69, 9.17) is 9.47 Å². The number of aliphatic hydroxyl groups excluding tert-OH is 5. The van der Waals surface area contributed by atoms with Gasteiger partial charge in [0.15, 0.2) is 6.29 Å². The molecule has 1 rings (SSSR count). The van der Waals surface area contributed by atoms with Crippen molar-refractivity contribution in [1.29, 1.82) is 0 Å². The molecular formula is C67H129NO8. The quantitative estimate of drug-likeness (QED) is 0.0261. The van der Waals surface area contributed by atoms with Gasteiger partial charge in [0.25, 0.3) is 0 Å². The average molecular weight is 1080 g/mol. The predicted molar refractivity (Wildman–Crippen MR) is 323 cm³/mol. The van der Waals surface area contributed by atoms with E-state index in [1.54, 1.807) is 6.08 Å². The number of carbonyl (C=O) groups is 1. The topological polar surface area (TPSA) is 149 Å². The summed E-state index contributed by atoms with van der Waals surface area (Å²) < 4.78 is 11.3. The minimum absolute atomic E-state index is 0.179. The molecule has 0 aliphatic carbocycles. The lowest BCUT2D eigenvalue weighted by atomic mass is 9.99. The van der Waals surface area contributed by atoms with E-state index in [0.29, 0.717) is 6.42 Å². The molecule has 1 aliphatic rings. The van der Waals surface area contributed by atoms with Crippen LogP contribution in [0.4, 0.5) is 0 Å². The maximum atomic E-state index is 13.1. The molecule has 1 aliphatic heterocycles. The second-order valence-corrected chi connectivity index (χ2v) is 23.6. The van der Waals surface area contributed by atoms with Gasteiger partial charge >= 0.3 is 0 Å². The Morgan fingerprint density at radius 1 is 0.434 bits per heavy atom. The van der Waals surface area contributed by atoms with Gasteiger partial charge in [0.2, 0.25) is 5.91 Å². The molecule has 7 atom stereocenters. The molecule has 0 spiro atoms. The molecule has 0 radical (unpaired) electrons. The summed E-state index contributed by atoms with van der Waals surface area (Å²) in [5.74, 6) is -0.179. The fraction of sp³-hybridized carbons (Fsp3) is 0.925. The van der Waals surface area contributed by atoms with Crippen molar-refractivity contribution >= 4 is 5.91 Å². The summed E-state index contributed by atoms with van der Waals surface area (Å²) in [7, 11) is 0. The van der Waals surface area contributed by atoms with Gasteiger partial charge in [-0.05, 0) is 32.1 Å². The van der Waals surface area contributed by atoms with Gasteiger partial charge in [-0.2, -0.15) is 0 Å². The van der Waals surface area contributed by atoms with E-state index in [0.717, 1.165) is 38.5 Å². The van der Waals surface area contributed by atoms with Gasteiger partial charge in [-0.1, -0.05) is 327 Å². The number of allylic oxidation sites excluding steroid dienone is 3. The van der Waals surface area contributed by atoms with Crippen molar-refractivity contribution < 1.29 is 39.8 Å². The summed E-state index contributed by atoms with van der Waals surface area (Å²) in [5, 5.41) is 54.7. The normalized spacial score (nSPS) is 18.9. The first-order chi connectivity index (χ1) is 37.3. The molecule has 1 fully saturated rings. The van der Waals surface area contributed by atoms with Crippen molar-refractivity contribution in [2.24, 2.45) is 0 Å². The smallest absolute Gasteiger partial charge is 0.220 e. The number of carbonyl (C=O) groups excluding carboxylic acids is 1. The van der Waals surface area contributed by atoms with Crippen molar-refractivity contribution in [2.75, 3.05) is 13.2 Å². The van der Waals surface area contributed by atoms with Gasteiger partial charge in [-0.25, -0.2) is 0 Å². The fourth-order valence-corrected chi connectivity index (χ4v) is 11.0. The highest BCUT2D eigenvalue weighted by Gasteiger charge is 2.44. The minimum atomic E-state index is -1.57. The van der Waals surface area contributed by atoms with Crippen molar-refractivity contribution in [3.8, 4) is 0 Å². The van der Waals surface area contributed by atoms with Gasteiger partial charge < -0.3 is 40.3 Å². The van der Waals surface area contributed by atoms with Gasteiger partial charge in [0.05, 0.1) is 25.4 Å². The Morgan fingerprint density at radius 2 is 0.750 bits per heavy atom. The third kappa shape index (κ3) is 45.4. The van der Waals surface area contributed by atoms with Gasteiger partial charge in [-0.15, -0.1) is 0 Å². The Hall–Kier alpha value is -1.33. The molecule has 1 saturated heterocycles. The monoisotopic (exact) mass is 1080 g/mol. The Morgan fingerprint density at radius 3 is 1.11 bits per heavy atom. The highest BCUT2D eigenvalue weighted by atomic mass is 16.7. The van der Waals surface area contributed by atoms with Crippen molar-refractivity contribution in [1.82, 2.24) is 5.32 Å². The first-order valence-electron chi connectivity index (χ1n) is 33.6. The average Bonchev–Trinajstić information content (AvgIpc) is 3.42. The molecule has 1 heterocycles. The number of hydrogen-bond donors (Lipinski definition) is 6. The van der Waals surface area contributed by atoms with Crippen LogP contribution in [0.3, 0.4) is 0 Å². The fourth-order valence-electron chi connectivity index (χ4n) is 11.0. The van der Waals surface area contributed by atoms with E-state index in [-0.39, 0.29) is 12.5 Å². The predicted octanol–water partition coefficient (Wildman–Crippen LogP) is 17.7. The van der Waals surface area contributed by atoms with E-state index in [9.17, 15) is 30.3 Å². The summed E-state index contributed by atoms with van der Waals surface area (Å²) in [5.41, 5.74) is 0. The Labute approximate surface area is 470 Å². The molecular weight excluding hydrogens is 947 g/mol. The second kappa shape index (κ2) is 56.9. The van der Waals surface area contributed by atoms with Crippen LogP contribution in [0.2, 0.25) is 0 Å². The number of rotatable bonds is 59. The third-order valence-electron chi connectivity index (χ3n) is 16.3. The molecule has 0 aromatic carbocycles. The molecule has 0 aromatic rings. The van der Waals surface area contributed by atoms with E-state index in [1.165, 1.54) is 283 Å². The molecule has 9 heteroatoms. The zero-order valence-electron chi connectivity index (χ0n) is 50.3. The lowest BCUT2D eigenvalue weighted by Crippen LogP contribution is -2.60. The number of nitrogens with one attached hydrogen (secondary N) is 1. The summed E-state index contributed by atoms with van der Waals surface area (Å²) in [6.07, 6.45) is 67.1. The summed E-state index contributed by atoms with van der Waals surface area (Å²) in [6, 6.07) is -0.820. The van der Waals surface area contributed by atoms with Crippen molar-refractivity contribution in [3.05, 3.63) is 24.3 Å². The van der Waals surface area contributed by atoms with Crippen LogP contribution in [0.5, 0.6) is 0 Å². The standard InChI is InChI=1S/C67H129NO8/c1-3-5-7-9-11-13-15-17-19-21-23-25-27-29-30-31-32-33-34-36-38-40-42-44-46-48-50-52-54-56-61(70)60(59-75-67-66(74)65(73)64(72)62(58-69)76-67)68-63(71)57-55-53-51-49-47-45-43-41-39-37-35-28-26-24-22-20-18-16-14-12-10-8-6-4-2/h46,48,54,56,60-62,64-67,69-70,72-74H,3-45,47,49-53,55,57-59H2,1-2H3,(H,68,71)/b48-46+,56-54+. The highest BCUT2D eigenvalue weighted by molar-refractivity contribution is 5.76. The first kappa shape index (κ1) is 72.7. The number of ether oxygens (including phenoxy) is 2. The number of aliphatic hydroxyl groups is 5. The van der Waals surface area contributed by atoms with Crippen LogP contribution in [0.25, 0.3) is 0 Å². The minimum Gasteiger partial charge on any atom is -0.394 e. The zero-order chi connectivity index (χ0) is 55.0. The summed E-state index contributed by atoms with van der Waals surface area (Å²) >= 11 is 0. The van der Waals surface area contributed by atoms with Crippen molar-refractivity contribution in [3.63, 3.8) is 0 Å². The molecule has 0 saturated carbocycles. The molecule has 7 unspecified atom stereocenters. The van der Waals surface area contributed by atoms with Gasteiger partial charge in [0, 0.05) is 6.42 Å². The van der Waals surface area contributed by atoms with Crippen LogP contribution in [0.1, 0.15) is 341 Å². The molecule has 9 nitrogen and oxygen atoms in total. The maximum absolute atomic E-state index is 13.1. The number of hydrogen-bond acceptors (Lipinski definition) is 8. The first-order valence-corrected chi connectivity index (χ1v) is 33.6. The Bertz CT molecular complexity index is 1250. The van der Waals surface area contributed by atoms with E-state index in [1.807, 2.05) is 6.08 Å². The SMILES string of the molecule is CCCCCCCCCCCCCCCCCCCCCCCCC/C=C/CC/C=C/C(O)C(COC1OC(CO)C(O)C(O)C1O)NC(=O)CCCCCCCCCCCCCCCCCCCCCCCCCC. The second-order valence-electron chi connectivity index (χ2n) is 23.6. The highest BCUT2D eigenvalue weighted by Crippen LogP contribution is 2.23. The van der Waals surface area contributed by atoms with E-state index in [2.05, 4.69) is 31.3 Å². The molecule has 0 bridgehead atoms. The van der Waals surface area contributed by atoms with Crippen LogP contribution in [0.15, 0.2) is 24.3 Å². The molecule has 450 valence electrons. The number of amides is 1. The molecule has 6 N–H and O–H groups in total. The molecule has 1 amide bonds. The van der Waals surface area contributed by atoms with Crippen LogP contribution in [0, 0.1) is 0 Å². The van der Waals surface area contributed by atoms with Crippen LogP contribution >= 0.6 is 0 Å². The third-order valence-corrected chi connectivity index (χ3v) is 16.3. The summed E-state index contributed by atoms with van der Waals surface area (Å²) in [6.45, 7) is 3.82. The largest absolute Gasteiger partial charge is 0.394 e. The van der Waals surface area contributed by atoms with Crippen molar-refractivity contribution in [2.45, 2.75) is 384 Å². The van der Waals surface area contributed by atoms with Crippen LogP contribution in [-0.2, 0) is 14.3 Å². The molecule has 76 heavy (non-hydrogen) atoms.